The largest absolute Gasteiger partial charge is 0.421 e. The number of pyridine rings is 1. The van der Waals surface area contributed by atoms with Gasteiger partial charge in [-0.05, 0) is 60.2 Å². The number of anilines is 1. The van der Waals surface area contributed by atoms with Gasteiger partial charge < -0.3 is 15.3 Å². The van der Waals surface area contributed by atoms with Crippen molar-refractivity contribution in [2.24, 2.45) is 0 Å². The first-order chi connectivity index (χ1) is 13.8. The molecule has 4 rings (SSSR count). The highest BCUT2D eigenvalue weighted by Gasteiger charge is 2.27. The smallest absolute Gasteiger partial charge is 0.260 e. The molecule has 0 aliphatic carbocycles. The molecule has 0 spiro atoms. The summed E-state index contributed by atoms with van der Waals surface area (Å²) in [5.74, 6) is 6.79. The number of benzene rings is 2. The van der Waals surface area contributed by atoms with Crippen molar-refractivity contribution in [2.45, 2.75) is 26.4 Å². The van der Waals surface area contributed by atoms with E-state index in [0.29, 0.717) is 11.7 Å². The van der Waals surface area contributed by atoms with Gasteiger partial charge in [0.15, 0.2) is 0 Å². The minimum Gasteiger partial charge on any atom is -0.421 e. The van der Waals surface area contributed by atoms with Crippen molar-refractivity contribution in [3.8, 4) is 23.0 Å². The Balaban J connectivity index is 1.73. The van der Waals surface area contributed by atoms with E-state index in [2.05, 4.69) is 33.1 Å². The number of aromatic nitrogens is 3. The molecular weight excluding hydrogens is 364 g/mol. The van der Waals surface area contributed by atoms with Crippen molar-refractivity contribution in [3.05, 3.63) is 71.6 Å². The quantitative estimate of drug-likeness (QED) is 0.511. The number of nitrogen functional groups attached to an aromatic ring is 1. The van der Waals surface area contributed by atoms with Gasteiger partial charge in [0.1, 0.15) is 5.82 Å². The van der Waals surface area contributed by atoms with Crippen molar-refractivity contribution in [1.29, 1.82) is 0 Å². The van der Waals surface area contributed by atoms with E-state index in [4.69, 9.17) is 10.2 Å². The van der Waals surface area contributed by atoms with Crippen LogP contribution in [0.3, 0.4) is 0 Å². The van der Waals surface area contributed by atoms with E-state index in [1.54, 1.807) is 13.1 Å². The number of aliphatic hydroxyl groups is 1. The standard InChI is InChI=1S/C23H20N4O2/c1-14-4-5-16(8-10-23(3,28)22-27-26-15(2)29-22)12-19(14)18-7-6-17-9-11-25-21(24)20(17)13-18/h4-7,9,11-13,28H,1-3H3,(H2,24,25). The van der Waals surface area contributed by atoms with E-state index >= 15 is 0 Å². The zero-order valence-electron chi connectivity index (χ0n) is 16.4. The Bertz CT molecular complexity index is 1280. The summed E-state index contributed by atoms with van der Waals surface area (Å²) in [4.78, 5) is 4.18. The van der Waals surface area contributed by atoms with Crippen LogP contribution in [-0.4, -0.2) is 20.3 Å². The van der Waals surface area contributed by atoms with Gasteiger partial charge in [-0.3, -0.25) is 0 Å². The number of hydrogen-bond acceptors (Lipinski definition) is 6. The fourth-order valence-electron chi connectivity index (χ4n) is 3.11. The average Bonchev–Trinajstić information content (AvgIpc) is 3.15. The molecule has 0 bridgehead atoms. The maximum Gasteiger partial charge on any atom is 0.260 e. The summed E-state index contributed by atoms with van der Waals surface area (Å²) >= 11 is 0. The zero-order valence-corrected chi connectivity index (χ0v) is 16.4. The Morgan fingerprint density at radius 3 is 2.66 bits per heavy atom. The van der Waals surface area contributed by atoms with Crippen molar-refractivity contribution in [1.82, 2.24) is 15.2 Å². The average molecular weight is 384 g/mol. The van der Waals surface area contributed by atoms with Crippen LogP contribution in [0, 0.1) is 25.7 Å². The Hall–Kier alpha value is -3.69. The molecule has 1 unspecified atom stereocenters. The predicted octanol–water partition coefficient (Wildman–Crippen LogP) is 3.74. The first-order valence-electron chi connectivity index (χ1n) is 9.15. The van der Waals surface area contributed by atoms with Gasteiger partial charge in [0.2, 0.25) is 11.5 Å². The van der Waals surface area contributed by atoms with Crippen LogP contribution in [0.15, 0.2) is 53.1 Å². The van der Waals surface area contributed by atoms with Crippen LogP contribution in [0.5, 0.6) is 0 Å². The van der Waals surface area contributed by atoms with Crippen LogP contribution in [-0.2, 0) is 5.60 Å². The second-order valence-electron chi connectivity index (χ2n) is 7.11. The summed E-state index contributed by atoms with van der Waals surface area (Å²) in [7, 11) is 0. The molecule has 3 N–H and O–H groups in total. The number of nitrogens with two attached hydrogens (primary N) is 1. The molecule has 2 aromatic heterocycles. The molecule has 2 heterocycles. The zero-order chi connectivity index (χ0) is 20.6. The second kappa shape index (κ2) is 7.04. The minimum absolute atomic E-state index is 0.0762. The molecule has 2 aromatic carbocycles. The fraction of sp³-hybridized carbons (Fsp3) is 0.174. The summed E-state index contributed by atoms with van der Waals surface area (Å²) in [5, 5.41) is 20.1. The highest BCUT2D eigenvalue weighted by Crippen LogP contribution is 2.29. The Morgan fingerprint density at radius 1 is 1.07 bits per heavy atom. The number of nitrogens with zero attached hydrogens (tertiary/aromatic N) is 3. The topological polar surface area (TPSA) is 98.1 Å². The van der Waals surface area contributed by atoms with Crippen molar-refractivity contribution in [3.63, 3.8) is 0 Å². The molecule has 0 fully saturated rings. The maximum atomic E-state index is 10.6. The molecule has 0 aliphatic rings. The van der Waals surface area contributed by atoms with Crippen LogP contribution in [0.25, 0.3) is 21.9 Å². The lowest BCUT2D eigenvalue weighted by atomic mass is 9.96. The molecule has 144 valence electrons. The Kier molecular flexibility index (Phi) is 4.53. The van der Waals surface area contributed by atoms with Crippen LogP contribution < -0.4 is 5.73 Å². The van der Waals surface area contributed by atoms with Crippen molar-refractivity contribution >= 4 is 16.6 Å². The molecule has 29 heavy (non-hydrogen) atoms. The van der Waals surface area contributed by atoms with E-state index in [1.165, 1.54) is 6.92 Å². The van der Waals surface area contributed by atoms with E-state index in [1.807, 2.05) is 43.3 Å². The normalized spacial score (nSPS) is 13.0. The minimum atomic E-state index is -1.53. The number of hydrogen-bond donors (Lipinski definition) is 2. The third-order valence-electron chi connectivity index (χ3n) is 4.74. The summed E-state index contributed by atoms with van der Waals surface area (Å²) in [6, 6.07) is 14.0. The molecule has 4 aromatic rings. The molecule has 6 nitrogen and oxygen atoms in total. The summed E-state index contributed by atoms with van der Waals surface area (Å²) < 4.78 is 5.31. The highest BCUT2D eigenvalue weighted by molar-refractivity contribution is 5.94. The lowest BCUT2D eigenvalue weighted by Gasteiger charge is -2.11. The van der Waals surface area contributed by atoms with Crippen LogP contribution >= 0.6 is 0 Å². The molecular formula is C23H20N4O2. The van der Waals surface area contributed by atoms with E-state index in [-0.39, 0.29) is 5.89 Å². The molecule has 0 amide bonds. The molecule has 0 saturated heterocycles. The van der Waals surface area contributed by atoms with Gasteiger partial charge in [0.25, 0.3) is 5.89 Å². The van der Waals surface area contributed by atoms with Gasteiger partial charge in [-0.1, -0.05) is 30.0 Å². The fourth-order valence-corrected chi connectivity index (χ4v) is 3.11. The second-order valence-corrected chi connectivity index (χ2v) is 7.11. The molecule has 6 heteroatoms. The van der Waals surface area contributed by atoms with Crippen LogP contribution in [0.4, 0.5) is 5.82 Å². The van der Waals surface area contributed by atoms with E-state index in [0.717, 1.165) is 33.0 Å². The van der Waals surface area contributed by atoms with E-state index in [9.17, 15) is 5.11 Å². The van der Waals surface area contributed by atoms with Gasteiger partial charge >= 0.3 is 0 Å². The Morgan fingerprint density at radius 2 is 1.90 bits per heavy atom. The molecule has 1 atom stereocenters. The maximum absolute atomic E-state index is 10.6. The van der Waals surface area contributed by atoms with Gasteiger partial charge in [0.05, 0.1) is 0 Å². The van der Waals surface area contributed by atoms with E-state index < -0.39 is 5.60 Å². The van der Waals surface area contributed by atoms with Gasteiger partial charge in [-0.15, -0.1) is 10.2 Å². The molecule has 0 saturated carbocycles. The monoisotopic (exact) mass is 384 g/mol. The molecule has 0 radical (unpaired) electrons. The number of fused-ring (bicyclic) bond motifs is 1. The highest BCUT2D eigenvalue weighted by atomic mass is 16.4. The predicted molar refractivity (Wildman–Crippen MR) is 112 cm³/mol. The van der Waals surface area contributed by atoms with Crippen LogP contribution in [0.2, 0.25) is 0 Å². The lowest BCUT2D eigenvalue weighted by Crippen LogP contribution is -2.19. The number of aryl methyl sites for hydroxylation is 2. The van der Waals surface area contributed by atoms with Gasteiger partial charge in [-0.25, -0.2) is 4.98 Å². The van der Waals surface area contributed by atoms with Crippen LogP contribution in [0.1, 0.15) is 29.8 Å². The molecule has 0 aliphatic heterocycles. The third kappa shape index (κ3) is 3.68. The van der Waals surface area contributed by atoms with Crippen molar-refractivity contribution in [2.75, 3.05) is 5.73 Å². The van der Waals surface area contributed by atoms with Gasteiger partial charge in [0, 0.05) is 24.1 Å². The first kappa shape index (κ1) is 18.7. The summed E-state index contributed by atoms with van der Waals surface area (Å²) in [6.07, 6.45) is 1.70. The number of rotatable bonds is 2. The van der Waals surface area contributed by atoms with Crippen molar-refractivity contribution < 1.29 is 9.52 Å². The lowest BCUT2D eigenvalue weighted by molar-refractivity contribution is 0.0881. The summed E-state index contributed by atoms with van der Waals surface area (Å²) in [5.41, 5.74) is 8.45. The first-order valence-corrected chi connectivity index (χ1v) is 9.15. The third-order valence-corrected chi connectivity index (χ3v) is 4.74. The van der Waals surface area contributed by atoms with Gasteiger partial charge in [-0.2, -0.15) is 0 Å². The SMILES string of the molecule is Cc1nnc(C(C)(O)C#Cc2ccc(C)c(-c3ccc4ccnc(N)c4c3)c2)o1. The summed E-state index contributed by atoms with van der Waals surface area (Å²) in [6.45, 7) is 5.24. The Labute approximate surface area is 168 Å².